The summed E-state index contributed by atoms with van der Waals surface area (Å²) >= 11 is 6.54. The first-order valence-electron chi connectivity index (χ1n) is 12.4. The van der Waals surface area contributed by atoms with Gasteiger partial charge < -0.3 is 31.0 Å². The minimum Gasteiger partial charge on any atom is -0.490 e. The van der Waals surface area contributed by atoms with Gasteiger partial charge >= 0.3 is 0 Å². The molecule has 5 N–H and O–H groups in total. The average molecular weight is 528 g/mol. The second kappa shape index (κ2) is 13.2. The summed E-state index contributed by atoms with van der Waals surface area (Å²) in [7, 11) is 1.59. The summed E-state index contributed by atoms with van der Waals surface area (Å²) < 4.78 is 7.42. The number of ether oxygens (including phenoxy) is 1. The molecule has 37 heavy (non-hydrogen) atoms. The summed E-state index contributed by atoms with van der Waals surface area (Å²) in [5.74, 6) is -0.716. The Labute approximate surface area is 221 Å². The molecule has 1 heterocycles. The number of amides is 2. The molecule has 0 radical (unpaired) electrons. The first kappa shape index (κ1) is 28.2. The van der Waals surface area contributed by atoms with E-state index in [9.17, 15) is 14.4 Å². The molecule has 1 aromatic heterocycles. The van der Waals surface area contributed by atoms with E-state index in [1.54, 1.807) is 37.4 Å². The Kier molecular flexibility index (Phi) is 10.1. The van der Waals surface area contributed by atoms with Crippen LogP contribution in [0.25, 0.3) is 10.9 Å². The van der Waals surface area contributed by atoms with Crippen molar-refractivity contribution < 1.29 is 14.3 Å². The second-order valence-electron chi connectivity index (χ2n) is 8.62. The molecule has 3 rings (SSSR count). The van der Waals surface area contributed by atoms with E-state index in [4.69, 9.17) is 27.8 Å². The van der Waals surface area contributed by atoms with Crippen molar-refractivity contribution in [3.63, 3.8) is 0 Å². The lowest BCUT2D eigenvalue weighted by Gasteiger charge is -2.23. The highest BCUT2D eigenvalue weighted by atomic mass is 35.5. The normalized spacial score (nSPS) is 11.8. The maximum absolute atomic E-state index is 13.8. The summed E-state index contributed by atoms with van der Waals surface area (Å²) in [5, 5.41) is 3.53. The Balaban J connectivity index is 1.93. The molecule has 0 fully saturated rings. The number of nitrogens with two attached hydrogens (primary N) is 2. The van der Waals surface area contributed by atoms with Crippen LogP contribution in [0.2, 0.25) is 5.02 Å². The standard InChI is InChI=1S/C27H34ClN5O4/c1-3-33(18-10-5-4-6-11-18)27(36)23-24(22-19(28)12-9-14-21(22)32(2)26(23)35)37-17-16-31-25(34)20(30)13-7-8-15-29/h4-6,9-12,14,20H,3,7-8,13,15-17,29-30H2,1-2H3,(H,31,34)/t20-/m0/s1. The molecular formula is C27H34ClN5O4. The highest BCUT2D eigenvalue weighted by molar-refractivity contribution is 6.36. The molecule has 0 saturated heterocycles. The van der Waals surface area contributed by atoms with Crippen molar-refractivity contribution in [2.45, 2.75) is 32.2 Å². The van der Waals surface area contributed by atoms with Gasteiger partial charge in [0.15, 0.2) is 0 Å². The van der Waals surface area contributed by atoms with E-state index in [2.05, 4.69) is 5.32 Å². The number of halogens is 1. The van der Waals surface area contributed by atoms with Gasteiger partial charge in [0.1, 0.15) is 17.9 Å². The number of unbranched alkanes of at least 4 members (excludes halogenated alkanes) is 1. The van der Waals surface area contributed by atoms with Crippen LogP contribution in [0, 0.1) is 0 Å². The van der Waals surface area contributed by atoms with Crippen LogP contribution < -0.4 is 32.0 Å². The van der Waals surface area contributed by atoms with Gasteiger partial charge in [-0.05, 0) is 50.6 Å². The van der Waals surface area contributed by atoms with Gasteiger partial charge in [-0.25, -0.2) is 0 Å². The molecule has 0 bridgehead atoms. The Morgan fingerprint density at radius 2 is 1.86 bits per heavy atom. The first-order valence-corrected chi connectivity index (χ1v) is 12.7. The number of rotatable bonds is 12. The molecule has 198 valence electrons. The zero-order chi connectivity index (χ0) is 26.9. The Hall–Kier alpha value is -3.40. The number of para-hydroxylation sites is 1. The third kappa shape index (κ3) is 6.49. The monoisotopic (exact) mass is 527 g/mol. The SMILES string of the molecule is CCN(C(=O)c1c(OCCNC(=O)[C@@H](N)CCCCN)c2c(Cl)cccc2n(C)c1=O)c1ccccc1. The Morgan fingerprint density at radius 1 is 1.14 bits per heavy atom. The van der Waals surface area contributed by atoms with Gasteiger partial charge in [-0.15, -0.1) is 0 Å². The predicted octanol–water partition coefficient (Wildman–Crippen LogP) is 2.81. The van der Waals surface area contributed by atoms with E-state index in [0.29, 0.717) is 41.1 Å². The van der Waals surface area contributed by atoms with Crippen molar-refractivity contribution in [1.82, 2.24) is 9.88 Å². The lowest BCUT2D eigenvalue weighted by Crippen LogP contribution is -2.42. The first-order chi connectivity index (χ1) is 17.8. The van der Waals surface area contributed by atoms with Gasteiger partial charge in [0, 0.05) is 19.3 Å². The highest BCUT2D eigenvalue weighted by Gasteiger charge is 2.28. The molecular weight excluding hydrogens is 494 g/mol. The van der Waals surface area contributed by atoms with Crippen LogP contribution in [0.3, 0.4) is 0 Å². The average Bonchev–Trinajstić information content (AvgIpc) is 2.90. The molecule has 0 spiro atoms. The molecule has 0 aliphatic rings. The smallest absolute Gasteiger partial charge is 0.267 e. The van der Waals surface area contributed by atoms with Crippen LogP contribution in [0.5, 0.6) is 5.75 Å². The molecule has 0 unspecified atom stereocenters. The van der Waals surface area contributed by atoms with Crippen LogP contribution in [0.1, 0.15) is 36.5 Å². The van der Waals surface area contributed by atoms with Crippen molar-refractivity contribution in [3.8, 4) is 5.75 Å². The maximum atomic E-state index is 13.8. The summed E-state index contributed by atoms with van der Waals surface area (Å²) in [5.41, 5.74) is 12.0. The fraction of sp³-hybridized carbons (Fsp3) is 0.370. The van der Waals surface area contributed by atoms with E-state index < -0.39 is 17.5 Å². The van der Waals surface area contributed by atoms with Crippen molar-refractivity contribution in [2.24, 2.45) is 18.5 Å². The van der Waals surface area contributed by atoms with E-state index >= 15 is 0 Å². The van der Waals surface area contributed by atoms with Crippen LogP contribution in [0.15, 0.2) is 53.3 Å². The summed E-state index contributed by atoms with van der Waals surface area (Å²) in [6.07, 6.45) is 2.10. The highest BCUT2D eigenvalue weighted by Crippen LogP contribution is 2.34. The van der Waals surface area contributed by atoms with Crippen LogP contribution in [0.4, 0.5) is 5.69 Å². The van der Waals surface area contributed by atoms with E-state index in [0.717, 1.165) is 12.8 Å². The fourth-order valence-corrected chi connectivity index (χ4v) is 4.39. The lowest BCUT2D eigenvalue weighted by atomic mass is 10.1. The van der Waals surface area contributed by atoms with E-state index in [-0.39, 0.29) is 30.4 Å². The van der Waals surface area contributed by atoms with Gasteiger partial charge in [0.25, 0.3) is 11.5 Å². The second-order valence-corrected chi connectivity index (χ2v) is 9.02. The topological polar surface area (TPSA) is 133 Å². The Bertz CT molecular complexity index is 1300. The van der Waals surface area contributed by atoms with E-state index in [1.807, 2.05) is 25.1 Å². The number of benzene rings is 2. The number of nitrogens with zero attached hydrogens (tertiary/aromatic N) is 2. The summed E-state index contributed by atoms with van der Waals surface area (Å²) in [6.45, 7) is 2.86. The quantitative estimate of drug-likeness (QED) is 0.310. The molecule has 0 saturated carbocycles. The minimum absolute atomic E-state index is 0.00644. The summed E-state index contributed by atoms with van der Waals surface area (Å²) in [6, 6.07) is 13.6. The van der Waals surface area contributed by atoms with Crippen molar-refractivity contribution in [3.05, 3.63) is 69.5 Å². The molecule has 9 nitrogen and oxygen atoms in total. The fourth-order valence-electron chi connectivity index (χ4n) is 4.13. The number of fused-ring (bicyclic) bond motifs is 1. The number of carbonyl (C=O) groups is 2. The molecule has 2 amide bonds. The number of nitrogens with one attached hydrogen (secondary N) is 1. The molecule has 2 aromatic carbocycles. The van der Waals surface area contributed by atoms with Gasteiger partial charge in [0.2, 0.25) is 5.91 Å². The Morgan fingerprint density at radius 3 is 2.54 bits per heavy atom. The number of anilines is 1. The van der Waals surface area contributed by atoms with Crippen LogP contribution in [-0.4, -0.2) is 48.7 Å². The largest absolute Gasteiger partial charge is 0.490 e. The van der Waals surface area contributed by atoms with Gasteiger partial charge in [-0.3, -0.25) is 14.4 Å². The van der Waals surface area contributed by atoms with Crippen molar-refractivity contribution >= 4 is 40.0 Å². The maximum Gasteiger partial charge on any atom is 0.267 e. The number of aryl methyl sites for hydroxylation is 1. The third-order valence-corrected chi connectivity index (χ3v) is 6.44. The molecule has 1 atom stereocenters. The van der Waals surface area contributed by atoms with Gasteiger partial charge in [-0.2, -0.15) is 0 Å². The third-order valence-electron chi connectivity index (χ3n) is 6.12. The zero-order valence-electron chi connectivity index (χ0n) is 21.2. The molecule has 0 aliphatic heterocycles. The number of aromatic nitrogens is 1. The van der Waals surface area contributed by atoms with Crippen molar-refractivity contribution in [2.75, 3.05) is 31.1 Å². The number of carbonyl (C=O) groups excluding carboxylic acids is 2. The zero-order valence-corrected chi connectivity index (χ0v) is 22.0. The van der Waals surface area contributed by atoms with Crippen LogP contribution in [-0.2, 0) is 11.8 Å². The van der Waals surface area contributed by atoms with Crippen LogP contribution >= 0.6 is 11.6 Å². The van der Waals surface area contributed by atoms with Gasteiger partial charge in [0.05, 0.1) is 28.5 Å². The summed E-state index contributed by atoms with van der Waals surface area (Å²) in [4.78, 5) is 41.1. The minimum atomic E-state index is -0.646. The molecule has 10 heteroatoms. The van der Waals surface area contributed by atoms with Gasteiger partial charge in [-0.1, -0.05) is 42.3 Å². The number of hydrogen-bond donors (Lipinski definition) is 3. The predicted molar refractivity (Wildman–Crippen MR) is 147 cm³/mol. The number of hydrogen-bond acceptors (Lipinski definition) is 6. The number of pyridine rings is 1. The van der Waals surface area contributed by atoms with Crippen molar-refractivity contribution in [1.29, 1.82) is 0 Å². The van der Waals surface area contributed by atoms with E-state index in [1.165, 1.54) is 9.47 Å². The lowest BCUT2D eigenvalue weighted by molar-refractivity contribution is -0.122. The molecule has 0 aliphatic carbocycles. The molecule has 3 aromatic rings.